The van der Waals surface area contributed by atoms with Crippen molar-refractivity contribution in [1.82, 2.24) is 0 Å². The second kappa shape index (κ2) is 19.2. The van der Waals surface area contributed by atoms with E-state index >= 15 is 0 Å². The molecule has 2 aromatic carbocycles. The summed E-state index contributed by atoms with van der Waals surface area (Å²) in [6.07, 6.45) is -13.4. The van der Waals surface area contributed by atoms with Crippen LogP contribution in [0.25, 0.3) is 0 Å². The minimum atomic E-state index is -4.06. The Morgan fingerprint density at radius 3 is 1.70 bits per heavy atom. The Morgan fingerprint density at radius 1 is 0.688 bits per heavy atom. The Labute approximate surface area is 363 Å². The standard InChI is InChI=1S/C42H46O22/c1-19(45)33(53)37-39(54,20(2)46)40(55,21(3)47)41(56,22(4)48)42(64-37,63-30-12-9-27(16-43)10-13-30)29-11-14-31(28(15-29)17-44)61-38-36(60-26(8)52)35(59-25(7)51)34(58-24(6)50)32(62-38)18-57-23(5)49/h9-17,32-38,53-56H,18H2,1-8H3/t32-,33?,34-,35+,36-,37+,38-,39+,40-,41+,42+/m1/s1. The van der Waals surface area contributed by atoms with Crippen molar-refractivity contribution in [1.29, 1.82) is 0 Å². The highest BCUT2D eigenvalue weighted by Crippen LogP contribution is 2.57. The number of hydrogen-bond donors (Lipinski definition) is 4. The van der Waals surface area contributed by atoms with E-state index < -0.39 is 142 Å². The van der Waals surface area contributed by atoms with E-state index in [4.69, 9.17) is 37.9 Å². The van der Waals surface area contributed by atoms with E-state index in [-0.39, 0.29) is 11.8 Å². The molecule has 1 unspecified atom stereocenters. The van der Waals surface area contributed by atoms with Crippen molar-refractivity contribution < 1.29 is 106 Å². The van der Waals surface area contributed by atoms with Gasteiger partial charge in [-0.25, -0.2) is 0 Å². The molecule has 64 heavy (non-hydrogen) atoms. The zero-order chi connectivity index (χ0) is 48.3. The minimum Gasteiger partial charge on any atom is -0.463 e. The lowest BCUT2D eigenvalue weighted by molar-refractivity contribution is -0.409. The van der Waals surface area contributed by atoms with E-state index in [0.29, 0.717) is 27.1 Å². The normalized spacial score (nSPS) is 30.3. The fraction of sp³-hybridized carbons (Fsp3) is 0.476. The molecule has 346 valence electrons. The molecule has 4 N–H and O–H groups in total. The van der Waals surface area contributed by atoms with Gasteiger partial charge in [-0.05, 0) is 70.2 Å². The molecule has 2 aliphatic heterocycles. The first kappa shape index (κ1) is 50.3. The van der Waals surface area contributed by atoms with Crippen molar-refractivity contribution >= 4 is 59.6 Å². The number of carbonyl (C=O) groups is 10. The summed E-state index contributed by atoms with van der Waals surface area (Å²) in [5.74, 6) is -14.3. The molecule has 2 heterocycles. The zero-order valence-corrected chi connectivity index (χ0v) is 35.6. The number of ketones is 4. The van der Waals surface area contributed by atoms with Gasteiger partial charge in [0.05, 0.1) is 5.56 Å². The monoisotopic (exact) mass is 902 g/mol. The van der Waals surface area contributed by atoms with E-state index in [1.165, 1.54) is 12.1 Å². The Morgan fingerprint density at radius 2 is 1.23 bits per heavy atom. The number of hydrogen-bond acceptors (Lipinski definition) is 22. The van der Waals surface area contributed by atoms with Gasteiger partial charge in [0.25, 0.3) is 5.79 Å². The second-order valence-corrected chi connectivity index (χ2v) is 14.9. The summed E-state index contributed by atoms with van der Waals surface area (Å²) < 4.78 is 45.4. The van der Waals surface area contributed by atoms with Gasteiger partial charge in [0.15, 0.2) is 47.2 Å². The average molecular weight is 903 g/mol. The molecule has 4 rings (SSSR count). The fourth-order valence-electron chi connectivity index (χ4n) is 7.62. The first-order valence-electron chi connectivity index (χ1n) is 19.1. The van der Waals surface area contributed by atoms with E-state index in [9.17, 15) is 68.4 Å². The summed E-state index contributed by atoms with van der Waals surface area (Å²) in [5, 5.41) is 48.6. The number of rotatable bonds is 17. The Bertz CT molecular complexity index is 2220. The van der Waals surface area contributed by atoms with Gasteiger partial charge in [-0.3, -0.25) is 47.9 Å². The van der Waals surface area contributed by atoms with Gasteiger partial charge in [-0.1, -0.05) is 0 Å². The lowest BCUT2D eigenvalue weighted by atomic mass is 9.56. The molecule has 11 atom stereocenters. The van der Waals surface area contributed by atoms with E-state index in [0.717, 1.165) is 65.0 Å². The van der Waals surface area contributed by atoms with Crippen LogP contribution in [0.5, 0.6) is 11.5 Å². The molecular formula is C42H46O22. The van der Waals surface area contributed by atoms with Crippen LogP contribution in [0.3, 0.4) is 0 Å². The molecule has 2 aliphatic rings. The molecule has 0 aliphatic carbocycles. The molecule has 22 nitrogen and oxygen atoms in total. The van der Waals surface area contributed by atoms with Crippen LogP contribution >= 0.6 is 0 Å². The van der Waals surface area contributed by atoms with Gasteiger partial charge < -0.3 is 58.3 Å². The molecule has 2 aromatic rings. The van der Waals surface area contributed by atoms with Crippen molar-refractivity contribution in [2.75, 3.05) is 6.61 Å². The van der Waals surface area contributed by atoms with Crippen LogP contribution in [0, 0.1) is 0 Å². The Kier molecular flexibility index (Phi) is 15.1. The van der Waals surface area contributed by atoms with Crippen molar-refractivity contribution in [2.24, 2.45) is 0 Å². The average Bonchev–Trinajstić information content (AvgIpc) is 3.21. The first-order chi connectivity index (χ1) is 29.8. The molecule has 0 saturated carbocycles. The molecule has 22 heteroatoms. The van der Waals surface area contributed by atoms with Gasteiger partial charge in [0.1, 0.15) is 42.7 Å². The highest BCUT2D eigenvalue weighted by atomic mass is 16.7. The number of aldehydes is 2. The number of benzene rings is 2. The number of carbonyl (C=O) groups excluding carboxylic acids is 10. The summed E-state index contributed by atoms with van der Waals surface area (Å²) >= 11 is 0. The van der Waals surface area contributed by atoms with Gasteiger partial charge in [0.2, 0.25) is 23.6 Å². The topological polar surface area (TPSA) is 325 Å². The van der Waals surface area contributed by atoms with Crippen molar-refractivity contribution in [2.45, 2.75) is 121 Å². The Hall–Kier alpha value is -6.30. The largest absolute Gasteiger partial charge is 0.463 e. The lowest BCUT2D eigenvalue weighted by Gasteiger charge is -2.62. The molecule has 0 aromatic heterocycles. The third-order valence-electron chi connectivity index (χ3n) is 10.5. The summed E-state index contributed by atoms with van der Waals surface area (Å²) in [7, 11) is 0. The zero-order valence-electron chi connectivity index (χ0n) is 35.6. The van der Waals surface area contributed by atoms with Crippen molar-refractivity contribution in [3.8, 4) is 11.5 Å². The molecule has 2 saturated heterocycles. The van der Waals surface area contributed by atoms with Gasteiger partial charge in [-0.2, -0.15) is 0 Å². The van der Waals surface area contributed by atoms with Crippen LogP contribution in [0.1, 0.15) is 81.7 Å². The van der Waals surface area contributed by atoms with Crippen molar-refractivity contribution in [3.05, 3.63) is 59.2 Å². The third kappa shape index (κ3) is 8.92. The predicted octanol–water partition coefficient (Wildman–Crippen LogP) is -0.686. The van der Waals surface area contributed by atoms with Gasteiger partial charge in [-0.15, -0.1) is 0 Å². The van der Waals surface area contributed by atoms with Crippen LogP contribution in [-0.2, 0) is 72.6 Å². The van der Waals surface area contributed by atoms with E-state index in [1.54, 1.807) is 0 Å². The maximum Gasteiger partial charge on any atom is 0.303 e. The predicted molar refractivity (Wildman–Crippen MR) is 207 cm³/mol. The first-order valence-corrected chi connectivity index (χ1v) is 19.1. The lowest BCUT2D eigenvalue weighted by Crippen LogP contribution is -2.90. The molecule has 2 fully saturated rings. The summed E-state index contributed by atoms with van der Waals surface area (Å²) in [6, 6.07) is 7.15. The van der Waals surface area contributed by atoms with Crippen LogP contribution < -0.4 is 9.47 Å². The number of aliphatic hydroxyl groups is 4. The van der Waals surface area contributed by atoms with E-state index in [2.05, 4.69) is 0 Å². The number of Topliss-reactive ketones (excluding diaryl/α,β-unsaturated/α-hetero) is 4. The number of esters is 4. The maximum atomic E-state index is 14.0. The summed E-state index contributed by atoms with van der Waals surface area (Å²) in [6.45, 7) is 5.86. The van der Waals surface area contributed by atoms with Crippen LogP contribution in [0.2, 0.25) is 0 Å². The highest BCUT2D eigenvalue weighted by molar-refractivity contribution is 6.06. The Balaban J connectivity index is 2.07. The van der Waals surface area contributed by atoms with Gasteiger partial charge >= 0.3 is 23.9 Å². The molecule has 0 radical (unpaired) electrons. The maximum absolute atomic E-state index is 14.0. The molecule has 0 bridgehead atoms. The highest BCUT2D eigenvalue weighted by Gasteiger charge is 2.85. The fourth-order valence-corrected chi connectivity index (χ4v) is 7.62. The number of ether oxygens (including phenoxy) is 8. The summed E-state index contributed by atoms with van der Waals surface area (Å²) in [4.78, 5) is 127. The minimum absolute atomic E-state index is 0.0656. The molecule has 0 spiro atoms. The van der Waals surface area contributed by atoms with Crippen molar-refractivity contribution in [3.63, 3.8) is 0 Å². The van der Waals surface area contributed by atoms with E-state index in [1.807, 2.05) is 0 Å². The smallest absolute Gasteiger partial charge is 0.303 e. The SMILES string of the molecule is CC(=O)OC[C@H]1O[C@@H](Oc2ccc([C@]3(Oc4ccc(C=O)cc4)O[C@@H](C(O)C(C)=O)[C@@](O)(C(C)=O)[C@](O)(C(C)=O)[C@@]3(O)C(C)=O)cc2C=O)[C@H](OC(C)=O)[C@@H](OC(C)=O)[C@@H]1OC(C)=O. The quantitative estimate of drug-likeness (QED) is 0.0867. The summed E-state index contributed by atoms with van der Waals surface area (Å²) in [5.41, 5.74) is -13.1. The van der Waals surface area contributed by atoms with Crippen LogP contribution in [-0.4, -0.2) is 146 Å². The second-order valence-electron chi connectivity index (χ2n) is 14.9. The van der Waals surface area contributed by atoms with Gasteiger partial charge in [0, 0.05) is 38.8 Å². The van der Waals surface area contributed by atoms with Crippen LogP contribution in [0.4, 0.5) is 0 Å². The van der Waals surface area contributed by atoms with Crippen LogP contribution in [0.15, 0.2) is 42.5 Å². The molecular weight excluding hydrogens is 856 g/mol. The third-order valence-corrected chi connectivity index (χ3v) is 10.5. The number of aliphatic hydroxyl groups excluding tert-OH is 1. The molecule has 0 amide bonds.